The maximum Gasteiger partial charge on any atom is 0.248 e. The number of benzene rings is 1. The molecule has 0 saturated heterocycles. The average molecular weight is 271 g/mol. The van der Waals surface area contributed by atoms with Gasteiger partial charge in [-0.2, -0.15) is 10.1 Å². The molecule has 3 rings (SSSR count). The maximum absolute atomic E-state index is 8.88. The Kier molecular flexibility index (Phi) is 3.51. The third-order valence-corrected chi connectivity index (χ3v) is 2.84. The molecular formula is C13H13N5O2. The zero-order valence-electron chi connectivity index (χ0n) is 10.7. The van der Waals surface area contributed by atoms with E-state index in [1.165, 1.54) is 6.33 Å². The van der Waals surface area contributed by atoms with Gasteiger partial charge >= 0.3 is 0 Å². The number of hydrogen-bond donors (Lipinski definition) is 1. The zero-order valence-corrected chi connectivity index (χ0v) is 10.7. The van der Waals surface area contributed by atoms with Crippen LogP contribution in [0.25, 0.3) is 11.4 Å². The van der Waals surface area contributed by atoms with Gasteiger partial charge in [-0.3, -0.25) is 0 Å². The van der Waals surface area contributed by atoms with Crippen molar-refractivity contribution in [2.75, 3.05) is 6.61 Å². The van der Waals surface area contributed by atoms with Crippen LogP contribution in [-0.2, 0) is 13.0 Å². The van der Waals surface area contributed by atoms with Crippen LogP contribution in [0.4, 0.5) is 0 Å². The Hall–Kier alpha value is -2.54. The number of aliphatic hydroxyl groups is 1. The molecule has 7 nitrogen and oxygen atoms in total. The van der Waals surface area contributed by atoms with Gasteiger partial charge in [0.25, 0.3) is 0 Å². The van der Waals surface area contributed by atoms with Gasteiger partial charge in [-0.1, -0.05) is 29.4 Å². The van der Waals surface area contributed by atoms with Crippen molar-refractivity contribution in [1.82, 2.24) is 24.9 Å². The number of aromatic nitrogens is 5. The minimum Gasteiger partial charge on any atom is -0.396 e. The Labute approximate surface area is 114 Å². The lowest BCUT2D eigenvalue weighted by Crippen LogP contribution is -1.99. The van der Waals surface area contributed by atoms with Gasteiger partial charge in [-0.05, 0) is 12.0 Å². The molecule has 0 saturated carbocycles. The predicted octanol–water partition coefficient (Wildman–Crippen LogP) is 0.911. The Morgan fingerprint density at radius 1 is 1.20 bits per heavy atom. The van der Waals surface area contributed by atoms with Crippen molar-refractivity contribution in [2.24, 2.45) is 0 Å². The summed E-state index contributed by atoms with van der Waals surface area (Å²) in [5, 5.41) is 16.8. The Balaban J connectivity index is 1.75. The summed E-state index contributed by atoms with van der Waals surface area (Å²) in [6.07, 6.45) is 3.69. The van der Waals surface area contributed by atoms with E-state index < -0.39 is 0 Å². The summed E-state index contributed by atoms with van der Waals surface area (Å²) in [4.78, 5) is 8.17. The summed E-state index contributed by atoms with van der Waals surface area (Å²) in [5.41, 5.74) is 1.95. The van der Waals surface area contributed by atoms with Crippen LogP contribution in [0.1, 0.15) is 11.5 Å². The molecule has 0 amide bonds. The van der Waals surface area contributed by atoms with Crippen LogP contribution in [0.2, 0.25) is 0 Å². The predicted molar refractivity (Wildman–Crippen MR) is 69.6 cm³/mol. The molecule has 0 aliphatic carbocycles. The van der Waals surface area contributed by atoms with Gasteiger partial charge in [0, 0.05) is 12.2 Å². The summed E-state index contributed by atoms with van der Waals surface area (Å²) in [7, 11) is 0. The Morgan fingerprint density at radius 2 is 2.05 bits per heavy atom. The van der Waals surface area contributed by atoms with Crippen LogP contribution >= 0.6 is 0 Å². The van der Waals surface area contributed by atoms with E-state index in [-0.39, 0.29) is 6.61 Å². The van der Waals surface area contributed by atoms with E-state index in [0.29, 0.717) is 24.7 Å². The first kappa shape index (κ1) is 12.5. The molecule has 0 radical (unpaired) electrons. The van der Waals surface area contributed by atoms with Crippen LogP contribution in [0.15, 0.2) is 41.4 Å². The second-order valence-electron chi connectivity index (χ2n) is 4.28. The Bertz CT molecular complexity index is 660. The molecular weight excluding hydrogens is 258 g/mol. The SMILES string of the molecule is OCCc1ccc(-c2noc(Cn3cncn3)n2)cc1. The summed E-state index contributed by atoms with van der Waals surface area (Å²) < 4.78 is 6.79. The molecule has 102 valence electrons. The maximum atomic E-state index is 8.88. The van der Waals surface area contributed by atoms with Gasteiger partial charge in [-0.25, -0.2) is 9.67 Å². The average Bonchev–Trinajstić information content (AvgIpc) is 3.12. The fourth-order valence-corrected chi connectivity index (χ4v) is 1.84. The molecule has 1 N–H and O–H groups in total. The van der Waals surface area contributed by atoms with Gasteiger partial charge in [0.2, 0.25) is 11.7 Å². The second kappa shape index (κ2) is 5.62. The Morgan fingerprint density at radius 3 is 2.75 bits per heavy atom. The largest absolute Gasteiger partial charge is 0.396 e. The van der Waals surface area contributed by atoms with Crippen LogP contribution in [-0.4, -0.2) is 36.6 Å². The van der Waals surface area contributed by atoms with E-state index >= 15 is 0 Å². The van der Waals surface area contributed by atoms with Gasteiger partial charge in [-0.15, -0.1) is 0 Å². The summed E-state index contributed by atoms with van der Waals surface area (Å²) >= 11 is 0. The lowest BCUT2D eigenvalue weighted by molar-refractivity contribution is 0.299. The van der Waals surface area contributed by atoms with Crippen molar-refractivity contribution in [3.05, 3.63) is 48.4 Å². The number of rotatable bonds is 5. The number of nitrogens with zero attached hydrogens (tertiary/aromatic N) is 5. The van der Waals surface area contributed by atoms with E-state index in [1.807, 2.05) is 24.3 Å². The molecule has 0 unspecified atom stereocenters. The first-order chi connectivity index (χ1) is 9.85. The summed E-state index contributed by atoms with van der Waals surface area (Å²) in [5.74, 6) is 1.01. The topological polar surface area (TPSA) is 89.9 Å². The molecule has 1 aromatic carbocycles. The van der Waals surface area contributed by atoms with Gasteiger partial charge in [0.1, 0.15) is 19.2 Å². The van der Waals surface area contributed by atoms with E-state index in [4.69, 9.17) is 9.63 Å². The minimum atomic E-state index is 0.142. The molecule has 0 aliphatic rings. The highest BCUT2D eigenvalue weighted by atomic mass is 16.5. The van der Waals surface area contributed by atoms with Crippen LogP contribution in [0.3, 0.4) is 0 Å². The van der Waals surface area contributed by atoms with Crippen LogP contribution < -0.4 is 0 Å². The molecule has 20 heavy (non-hydrogen) atoms. The second-order valence-corrected chi connectivity index (χ2v) is 4.28. The quantitative estimate of drug-likeness (QED) is 0.742. The third-order valence-electron chi connectivity index (χ3n) is 2.84. The molecule has 0 bridgehead atoms. The highest BCUT2D eigenvalue weighted by Gasteiger charge is 2.09. The van der Waals surface area contributed by atoms with Crippen LogP contribution in [0.5, 0.6) is 0 Å². The molecule has 0 aliphatic heterocycles. The highest BCUT2D eigenvalue weighted by molar-refractivity contribution is 5.54. The van der Waals surface area contributed by atoms with Crippen molar-refractivity contribution in [1.29, 1.82) is 0 Å². The number of aliphatic hydroxyl groups excluding tert-OH is 1. The van der Waals surface area contributed by atoms with Gasteiger partial charge in [0.05, 0.1) is 0 Å². The van der Waals surface area contributed by atoms with E-state index in [1.54, 1.807) is 11.0 Å². The molecule has 3 aromatic rings. The smallest absolute Gasteiger partial charge is 0.248 e. The fourth-order valence-electron chi connectivity index (χ4n) is 1.84. The van der Waals surface area contributed by atoms with E-state index in [9.17, 15) is 0 Å². The molecule has 7 heteroatoms. The van der Waals surface area contributed by atoms with Crippen molar-refractivity contribution >= 4 is 0 Å². The standard InChI is InChI=1S/C13H13N5O2/c19-6-5-10-1-3-11(4-2-10)13-16-12(20-17-13)7-18-9-14-8-15-18/h1-4,8-9,19H,5-7H2. The minimum absolute atomic E-state index is 0.142. The molecule has 2 heterocycles. The molecule has 0 atom stereocenters. The lowest BCUT2D eigenvalue weighted by atomic mass is 10.1. The lowest BCUT2D eigenvalue weighted by Gasteiger charge is -1.98. The molecule has 0 fully saturated rings. The van der Waals surface area contributed by atoms with Crippen molar-refractivity contribution < 1.29 is 9.63 Å². The first-order valence-electron chi connectivity index (χ1n) is 6.20. The highest BCUT2D eigenvalue weighted by Crippen LogP contribution is 2.17. The third kappa shape index (κ3) is 2.72. The monoisotopic (exact) mass is 271 g/mol. The molecule has 0 spiro atoms. The summed E-state index contributed by atoms with van der Waals surface area (Å²) in [6.45, 7) is 0.541. The van der Waals surface area contributed by atoms with Crippen molar-refractivity contribution in [2.45, 2.75) is 13.0 Å². The van der Waals surface area contributed by atoms with Gasteiger partial charge in [0.15, 0.2) is 0 Å². The van der Waals surface area contributed by atoms with Crippen LogP contribution in [0, 0.1) is 0 Å². The summed E-state index contributed by atoms with van der Waals surface area (Å²) in [6, 6.07) is 7.71. The zero-order chi connectivity index (χ0) is 13.8. The fraction of sp³-hybridized carbons (Fsp3) is 0.231. The first-order valence-corrected chi connectivity index (χ1v) is 6.20. The van der Waals surface area contributed by atoms with Gasteiger partial charge < -0.3 is 9.63 Å². The van der Waals surface area contributed by atoms with E-state index in [2.05, 4.69) is 20.2 Å². The normalized spacial score (nSPS) is 10.8. The van der Waals surface area contributed by atoms with Crippen molar-refractivity contribution in [3.63, 3.8) is 0 Å². The van der Waals surface area contributed by atoms with E-state index in [0.717, 1.165) is 11.1 Å². The van der Waals surface area contributed by atoms with Crippen molar-refractivity contribution in [3.8, 4) is 11.4 Å². The number of hydrogen-bond acceptors (Lipinski definition) is 6. The molecule has 2 aromatic heterocycles.